The molecule has 9 nitrogen and oxygen atoms in total. The number of hydrogen-bond acceptors (Lipinski definition) is 6. The summed E-state index contributed by atoms with van der Waals surface area (Å²) in [5.74, 6) is 0. The number of benzene rings is 1. The fourth-order valence-electron chi connectivity index (χ4n) is 2.55. The summed E-state index contributed by atoms with van der Waals surface area (Å²) in [6, 6.07) is 3.87. The van der Waals surface area contributed by atoms with E-state index in [1.54, 1.807) is 30.9 Å². The van der Waals surface area contributed by atoms with Crippen molar-refractivity contribution in [1.29, 1.82) is 0 Å². The lowest BCUT2D eigenvalue weighted by molar-refractivity contribution is -0.384. The standard InChI is InChI=1S/C17H25N5O4S/c1-6-20(7-2)27(25,26)14-8-9-15(16(10-14)22(23)24)19-13-11-18-21(12-13)17(3,4)5/h8-12,19H,6-7H2,1-5H3. The van der Waals surface area contributed by atoms with Crippen LogP contribution in [0.1, 0.15) is 34.6 Å². The van der Waals surface area contributed by atoms with Gasteiger partial charge in [0.15, 0.2) is 0 Å². The first-order valence-corrected chi connectivity index (χ1v) is 10.1. The zero-order valence-corrected chi connectivity index (χ0v) is 16.9. The molecule has 0 amide bonds. The fourth-order valence-corrected chi connectivity index (χ4v) is 4.03. The molecule has 27 heavy (non-hydrogen) atoms. The number of anilines is 2. The molecule has 0 fully saturated rings. The summed E-state index contributed by atoms with van der Waals surface area (Å²) >= 11 is 0. The Morgan fingerprint density at radius 2 is 1.89 bits per heavy atom. The Hall–Kier alpha value is -2.46. The molecule has 1 heterocycles. The molecule has 1 aromatic heterocycles. The second-order valence-corrected chi connectivity index (χ2v) is 8.93. The average Bonchev–Trinajstić information content (AvgIpc) is 3.04. The van der Waals surface area contributed by atoms with E-state index in [0.29, 0.717) is 18.8 Å². The second-order valence-electron chi connectivity index (χ2n) is 6.99. The van der Waals surface area contributed by atoms with Gasteiger partial charge in [-0.05, 0) is 32.9 Å². The van der Waals surface area contributed by atoms with E-state index in [2.05, 4.69) is 10.4 Å². The summed E-state index contributed by atoms with van der Waals surface area (Å²) in [5, 5.41) is 18.7. The molecule has 10 heteroatoms. The number of nitro groups is 1. The van der Waals surface area contributed by atoms with E-state index < -0.39 is 14.9 Å². The molecule has 0 radical (unpaired) electrons. The third kappa shape index (κ3) is 4.45. The topological polar surface area (TPSA) is 110 Å². The molecule has 0 saturated heterocycles. The smallest absolute Gasteiger partial charge is 0.294 e. The molecule has 0 bridgehead atoms. The number of rotatable bonds is 7. The second kappa shape index (κ2) is 7.65. The van der Waals surface area contributed by atoms with Crippen LogP contribution in [0.25, 0.3) is 0 Å². The van der Waals surface area contributed by atoms with Gasteiger partial charge in [-0.1, -0.05) is 13.8 Å². The van der Waals surface area contributed by atoms with Crippen LogP contribution in [0.3, 0.4) is 0 Å². The van der Waals surface area contributed by atoms with Crippen LogP contribution in [-0.2, 0) is 15.6 Å². The van der Waals surface area contributed by atoms with Crippen molar-refractivity contribution in [3.63, 3.8) is 0 Å². The summed E-state index contributed by atoms with van der Waals surface area (Å²) in [4.78, 5) is 10.8. The van der Waals surface area contributed by atoms with Crippen molar-refractivity contribution in [1.82, 2.24) is 14.1 Å². The molecule has 1 N–H and O–H groups in total. The monoisotopic (exact) mass is 395 g/mol. The number of sulfonamides is 1. The average molecular weight is 395 g/mol. The van der Waals surface area contributed by atoms with Crippen LogP contribution in [0.4, 0.5) is 17.1 Å². The predicted molar refractivity (Wildman–Crippen MR) is 104 cm³/mol. The van der Waals surface area contributed by atoms with Crippen LogP contribution in [0, 0.1) is 10.1 Å². The Kier molecular flexibility index (Phi) is 5.91. The molecule has 0 unspecified atom stereocenters. The van der Waals surface area contributed by atoms with Gasteiger partial charge in [0.1, 0.15) is 5.69 Å². The van der Waals surface area contributed by atoms with Gasteiger partial charge in [0.25, 0.3) is 5.69 Å². The number of aromatic nitrogens is 2. The van der Waals surface area contributed by atoms with Crippen LogP contribution in [0.5, 0.6) is 0 Å². The van der Waals surface area contributed by atoms with Crippen molar-refractivity contribution in [3.05, 3.63) is 40.7 Å². The highest BCUT2D eigenvalue weighted by molar-refractivity contribution is 7.89. The Balaban J connectivity index is 2.42. The molecule has 0 atom stereocenters. The van der Waals surface area contributed by atoms with Crippen LogP contribution >= 0.6 is 0 Å². The van der Waals surface area contributed by atoms with Gasteiger partial charge >= 0.3 is 0 Å². The lowest BCUT2D eigenvalue weighted by Crippen LogP contribution is -2.30. The van der Waals surface area contributed by atoms with Gasteiger partial charge in [0.2, 0.25) is 10.0 Å². The number of hydrogen-bond donors (Lipinski definition) is 1. The number of nitro benzene ring substituents is 1. The van der Waals surface area contributed by atoms with E-state index in [1.165, 1.54) is 16.4 Å². The van der Waals surface area contributed by atoms with E-state index in [1.807, 2.05) is 20.8 Å². The Morgan fingerprint density at radius 3 is 2.37 bits per heavy atom. The first-order valence-electron chi connectivity index (χ1n) is 8.61. The lowest BCUT2D eigenvalue weighted by atomic mass is 10.1. The van der Waals surface area contributed by atoms with E-state index in [4.69, 9.17) is 0 Å². The first-order chi connectivity index (χ1) is 12.5. The van der Waals surface area contributed by atoms with Crippen LogP contribution in [-0.4, -0.2) is 40.5 Å². The van der Waals surface area contributed by atoms with Crippen molar-refractivity contribution in [2.75, 3.05) is 18.4 Å². The quantitative estimate of drug-likeness (QED) is 0.569. The van der Waals surface area contributed by atoms with Crippen LogP contribution in [0.15, 0.2) is 35.5 Å². The maximum atomic E-state index is 12.6. The van der Waals surface area contributed by atoms with Crippen molar-refractivity contribution in [2.45, 2.75) is 45.1 Å². The fraction of sp³-hybridized carbons (Fsp3) is 0.471. The van der Waals surface area contributed by atoms with E-state index in [9.17, 15) is 18.5 Å². The summed E-state index contributed by atoms with van der Waals surface area (Å²) in [5.41, 5.74) is 0.235. The Labute approximate surface area is 159 Å². The minimum atomic E-state index is -3.78. The number of nitrogens with zero attached hydrogens (tertiary/aromatic N) is 4. The Morgan fingerprint density at radius 1 is 1.26 bits per heavy atom. The first kappa shape index (κ1) is 20.8. The molecule has 2 aromatic rings. The van der Waals surface area contributed by atoms with Crippen molar-refractivity contribution < 1.29 is 13.3 Å². The van der Waals surface area contributed by atoms with Crippen molar-refractivity contribution >= 4 is 27.1 Å². The summed E-state index contributed by atoms with van der Waals surface area (Å²) < 4.78 is 28.2. The van der Waals surface area contributed by atoms with E-state index >= 15 is 0 Å². The summed E-state index contributed by atoms with van der Waals surface area (Å²) in [7, 11) is -3.78. The SMILES string of the molecule is CCN(CC)S(=O)(=O)c1ccc(Nc2cnn(C(C)(C)C)c2)c([N+](=O)[O-])c1. The maximum absolute atomic E-state index is 12.6. The molecule has 0 aliphatic rings. The van der Waals surface area contributed by atoms with Gasteiger partial charge in [-0.3, -0.25) is 14.8 Å². The largest absolute Gasteiger partial charge is 0.347 e. The minimum absolute atomic E-state index is 0.103. The zero-order valence-electron chi connectivity index (χ0n) is 16.1. The minimum Gasteiger partial charge on any atom is -0.347 e. The number of nitrogens with one attached hydrogen (secondary N) is 1. The molecule has 0 aliphatic heterocycles. The summed E-state index contributed by atoms with van der Waals surface area (Å²) in [6.07, 6.45) is 3.31. The maximum Gasteiger partial charge on any atom is 0.294 e. The van der Waals surface area contributed by atoms with Crippen LogP contribution < -0.4 is 5.32 Å². The van der Waals surface area contributed by atoms with E-state index in [-0.39, 0.29) is 21.8 Å². The molecule has 0 spiro atoms. The van der Waals surface area contributed by atoms with Gasteiger partial charge in [-0.15, -0.1) is 0 Å². The summed E-state index contributed by atoms with van der Waals surface area (Å²) in [6.45, 7) is 9.98. The molecular weight excluding hydrogens is 370 g/mol. The zero-order chi connectivity index (χ0) is 20.4. The van der Waals surface area contributed by atoms with E-state index in [0.717, 1.165) is 6.07 Å². The molecule has 148 valence electrons. The molecule has 2 rings (SSSR count). The highest BCUT2D eigenvalue weighted by atomic mass is 32.2. The van der Waals surface area contributed by atoms with Gasteiger partial charge in [-0.25, -0.2) is 8.42 Å². The van der Waals surface area contributed by atoms with Gasteiger partial charge in [0.05, 0.1) is 27.2 Å². The normalized spacial score (nSPS) is 12.4. The van der Waals surface area contributed by atoms with Gasteiger partial charge in [0, 0.05) is 25.4 Å². The lowest BCUT2D eigenvalue weighted by Gasteiger charge is -2.19. The van der Waals surface area contributed by atoms with Gasteiger partial charge in [-0.2, -0.15) is 9.40 Å². The van der Waals surface area contributed by atoms with Crippen LogP contribution in [0.2, 0.25) is 0 Å². The molecule has 1 aromatic carbocycles. The van der Waals surface area contributed by atoms with Gasteiger partial charge < -0.3 is 5.32 Å². The molecule has 0 aliphatic carbocycles. The molecule has 0 saturated carbocycles. The third-order valence-electron chi connectivity index (χ3n) is 4.06. The Bertz CT molecular complexity index is 927. The highest BCUT2D eigenvalue weighted by Crippen LogP contribution is 2.31. The highest BCUT2D eigenvalue weighted by Gasteiger charge is 2.26. The van der Waals surface area contributed by atoms with Crippen molar-refractivity contribution in [3.8, 4) is 0 Å². The van der Waals surface area contributed by atoms with Crippen molar-refractivity contribution in [2.24, 2.45) is 0 Å². The molecular formula is C17H25N5O4S. The third-order valence-corrected chi connectivity index (χ3v) is 6.10. The predicted octanol–water partition coefficient (Wildman–Crippen LogP) is 3.32.